The average molecular weight is 177 g/mol. The average Bonchev–Trinajstić information content (AvgIpc) is 2.18. The van der Waals surface area contributed by atoms with Crippen molar-refractivity contribution in [3.63, 3.8) is 0 Å². The zero-order valence-corrected chi connectivity index (χ0v) is 7.49. The van der Waals surface area contributed by atoms with E-state index in [1.54, 1.807) is 12.1 Å². The van der Waals surface area contributed by atoms with Crippen molar-refractivity contribution in [1.29, 1.82) is 0 Å². The molecule has 3 heteroatoms. The molecule has 1 aromatic rings. The Labute approximate surface area is 76.7 Å². The lowest BCUT2D eigenvalue weighted by atomic mass is 10.1. The second kappa shape index (κ2) is 4.50. The van der Waals surface area contributed by atoms with Crippen molar-refractivity contribution >= 4 is 5.91 Å². The van der Waals surface area contributed by atoms with Gasteiger partial charge in [0.15, 0.2) is 0 Å². The summed E-state index contributed by atoms with van der Waals surface area (Å²) in [6, 6.07) is 6.97. The molecule has 0 aromatic heterocycles. The number of benzene rings is 1. The van der Waals surface area contributed by atoms with E-state index in [0.717, 1.165) is 12.8 Å². The molecule has 3 nitrogen and oxygen atoms in total. The molecule has 0 N–H and O–H groups in total. The molecule has 0 fully saturated rings. The van der Waals surface area contributed by atoms with Crippen LogP contribution in [0.4, 0.5) is 0 Å². The van der Waals surface area contributed by atoms with Gasteiger partial charge in [-0.1, -0.05) is 25.5 Å². The summed E-state index contributed by atoms with van der Waals surface area (Å²) < 4.78 is 0. The molecule has 0 atom stereocenters. The molecule has 0 saturated heterocycles. The summed E-state index contributed by atoms with van der Waals surface area (Å²) in [6.45, 7) is 2.09. The number of nitroso groups, excluding NO2 is 1. The standard InChI is InChI=1S/C10H11NO2/c1-2-3-8-4-6-9(7-5-8)10(12)11-13/h4-7H,2-3H2,1H3. The van der Waals surface area contributed by atoms with Crippen molar-refractivity contribution in [2.75, 3.05) is 0 Å². The van der Waals surface area contributed by atoms with Crippen LogP contribution in [0, 0.1) is 4.91 Å². The van der Waals surface area contributed by atoms with Gasteiger partial charge in [-0.15, -0.1) is 4.91 Å². The molecule has 0 aliphatic rings. The van der Waals surface area contributed by atoms with Crippen molar-refractivity contribution in [3.8, 4) is 0 Å². The van der Waals surface area contributed by atoms with Gasteiger partial charge >= 0.3 is 5.91 Å². The summed E-state index contributed by atoms with van der Waals surface area (Å²) in [7, 11) is 0. The summed E-state index contributed by atoms with van der Waals surface area (Å²) in [4.78, 5) is 20.7. The van der Waals surface area contributed by atoms with Crippen molar-refractivity contribution in [2.45, 2.75) is 19.8 Å². The number of rotatable bonds is 3. The highest BCUT2D eigenvalue weighted by atomic mass is 16.3. The normalized spacial score (nSPS) is 9.62. The number of amides is 1. The van der Waals surface area contributed by atoms with Crippen LogP contribution in [-0.4, -0.2) is 5.91 Å². The molecule has 1 amide bonds. The van der Waals surface area contributed by atoms with Gasteiger partial charge in [0.25, 0.3) is 0 Å². The highest BCUT2D eigenvalue weighted by molar-refractivity contribution is 5.94. The molecule has 0 bridgehead atoms. The van der Waals surface area contributed by atoms with Gasteiger partial charge in [-0.05, 0) is 24.1 Å². The minimum Gasteiger partial charge on any atom is -0.263 e. The molecule has 13 heavy (non-hydrogen) atoms. The molecule has 0 saturated carbocycles. The maximum atomic E-state index is 10.8. The third-order valence-electron chi connectivity index (χ3n) is 1.82. The van der Waals surface area contributed by atoms with Crippen molar-refractivity contribution in [1.82, 2.24) is 0 Å². The first-order valence-corrected chi connectivity index (χ1v) is 4.24. The van der Waals surface area contributed by atoms with Crippen molar-refractivity contribution < 1.29 is 4.79 Å². The van der Waals surface area contributed by atoms with Crippen molar-refractivity contribution in [3.05, 3.63) is 40.3 Å². The lowest BCUT2D eigenvalue weighted by molar-refractivity contribution is 0.100. The summed E-state index contributed by atoms with van der Waals surface area (Å²) in [6.07, 6.45) is 2.06. The number of carbonyl (C=O) groups excluding carboxylic acids is 1. The minimum atomic E-state index is -0.706. The molecule has 0 radical (unpaired) electrons. The molecule has 0 aliphatic heterocycles. The van der Waals surface area contributed by atoms with Gasteiger partial charge in [0, 0.05) is 10.7 Å². The Balaban J connectivity index is 2.80. The van der Waals surface area contributed by atoms with E-state index in [2.05, 4.69) is 12.1 Å². The third kappa shape index (κ3) is 2.47. The quantitative estimate of drug-likeness (QED) is 0.666. The van der Waals surface area contributed by atoms with Crippen LogP contribution in [0.1, 0.15) is 29.3 Å². The first kappa shape index (κ1) is 9.58. The maximum Gasteiger partial charge on any atom is 0.316 e. The molecule has 68 valence electrons. The highest BCUT2D eigenvalue weighted by Gasteiger charge is 2.03. The first-order chi connectivity index (χ1) is 6.27. The summed E-state index contributed by atoms with van der Waals surface area (Å²) in [5, 5.41) is 2.35. The fourth-order valence-electron chi connectivity index (χ4n) is 1.16. The Bertz CT molecular complexity index is 303. The first-order valence-electron chi connectivity index (χ1n) is 4.24. The van der Waals surface area contributed by atoms with Gasteiger partial charge < -0.3 is 0 Å². The molecule has 0 spiro atoms. The van der Waals surface area contributed by atoms with E-state index in [4.69, 9.17) is 0 Å². The maximum absolute atomic E-state index is 10.8. The Kier molecular flexibility index (Phi) is 3.31. The molecule has 0 heterocycles. The zero-order chi connectivity index (χ0) is 9.68. The number of carbonyl (C=O) groups is 1. The Morgan fingerprint density at radius 1 is 1.31 bits per heavy atom. The Morgan fingerprint density at radius 2 is 1.92 bits per heavy atom. The third-order valence-corrected chi connectivity index (χ3v) is 1.82. The summed E-state index contributed by atoms with van der Waals surface area (Å²) in [5.74, 6) is -0.706. The number of hydrogen-bond acceptors (Lipinski definition) is 2. The van der Waals surface area contributed by atoms with Crippen molar-refractivity contribution in [2.24, 2.45) is 5.18 Å². The lowest BCUT2D eigenvalue weighted by Crippen LogP contribution is -1.93. The van der Waals surface area contributed by atoms with Gasteiger partial charge in [0.2, 0.25) is 0 Å². The molecule has 1 aromatic carbocycles. The fourth-order valence-corrected chi connectivity index (χ4v) is 1.16. The van der Waals surface area contributed by atoms with Crippen LogP contribution in [0.15, 0.2) is 29.4 Å². The Hall–Kier alpha value is -1.51. The van der Waals surface area contributed by atoms with Gasteiger partial charge in [0.05, 0.1) is 0 Å². The molecular formula is C10H11NO2. The number of aryl methyl sites for hydroxylation is 1. The number of nitrogens with zero attached hydrogens (tertiary/aromatic N) is 1. The predicted octanol–water partition coefficient (Wildman–Crippen LogP) is 2.55. The van der Waals surface area contributed by atoms with Crippen LogP contribution in [0.25, 0.3) is 0 Å². The highest BCUT2D eigenvalue weighted by Crippen LogP contribution is 2.07. The van der Waals surface area contributed by atoms with Crippen LogP contribution in [0.2, 0.25) is 0 Å². The smallest absolute Gasteiger partial charge is 0.263 e. The van der Waals surface area contributed by atoms with Gasteiger partial charge in [-0.3, -0.25) is 4.79 Å². The largest absolute Gasteiger partial charge is 0.316 e. The van der Waals surface area contributed by atoms with E-state index in [9.17, 15) is 9.70 Å². The van der Waals surface area contributed by atoms with E-state index in [0.29, 0.717) is 5.56 Å². The SMILES string of the molecule is CCCc1ccc(C(=O)N=O)cc1. The predicted molar refractivity (Wildman–Crippen MR) is 50.6 cm³/mol. The molecule has 0 unspecified atom stereocenters. The van der Waals surface area contributed by atoms with Crippen LogP contribution in [0.3, 0.4) is 0 Å². The minimum absolute atomic E-state index is 0.356. The van der Waals surface area contributed by atoms with E-state index in [-0.39, 0.29) is 0 Å². The van der Waals surface area contributed by atoms with Crippen LogP contribution < -0.4 is 0 Å². The summed E-state index contributed by atoms with van der Waals surface area (Å²) in [5.41, 5.74) is 1.53. The number of hydrogen-bond donors (Lipinski definition) is 0. The van der Waals surface area contributed by atoms with Gasteiger partial charge in [0.1, 0.15) is 0 Å². The zero-order valence-electron chi connectivity index (χ0n) is 7.49. The van der Waals surface area contributed by atoms with Gasteiger partial charge in [-0.25, -0.2) is 0 Å². The fraction of sp³-hybridized carbons (Fsp3) is 0.300. The van der Waals surface area contributed by atoms with Crippen LogP contribution in [0.5, 0.6) is 0 Å². The topological polar surface area (TPSA) is 46.5 Å². The van der Waals surface area contributed by atoms with Crippen LogP contribution >= 0.6 is 0 Å². The van der Waals surface area contributed by atoms with E-state index in [1.165, 1.54) is 5.56 Å². The van der Waals surface area contributed by atoms with Crippen LogP contribution in [-0.2, 0) is 6.42 Å². The van der Waals surface area contributed by atoms with E-state index in [1.807, 2.05) is 12.1 Å². The molecule has 1 rings (SSSR count). The second-order valence-electron chi connectivity index (χ2n) is 2.84. The monoisotopic (exact) mass is 177 g/mol. The van der Waals surface area contributed by atoms with E-state index >= 15 is 0 Å². The molecular weight excluding hydrogens is 166 g/mol. The van der Waals surface area contributed by atoms with Gasteiger partial charge in [-0.2, -0.15) is 0 Å². The summed E-state index contributed by atoms with van der Waals surface area (Å²) >= 11 is 0. The lowest BCUT2D eigenvalue weighted by Gasteiger charge is -1.98. The molecule has 0 aliphatic carbocycles. The second-order valence-corrected chi connectivity index (χ2v) is 2.84. The van der Waals surface area contributed by atoms with E-state index < -0.39 is 5.91 Å². The Morgan fingerprint density at radius 3 is 2.38 bits per heavy atom.